The van der Waals surface area contributed by atoms with Gasteiger partial charge < -0.3 is 9.73 Å². The minimum atomic E-state index is -0.358. The molecule has 1 unspecified atom stereocenters. The second-order valence-corrected chi connectivity index (χ2v) is 6.97. The highest BCUT2D eigenvalue weighted by Crippen LogP contribution is 2.30. The van der Waals surface area contributed by atoms with Crippen LogP contribution in [0, 0.1) is 0 Å². The van der Waals surface area contributed by atoms with E-state index in [1.165, 1.54) is 28.7 Å². The van der Waals surface area contributed by atoms with E-state index >= 15 is 0 Å². The number of carbonyl (C=O) groups excluding carboxylic acids is 2. The number of rotatable bonds is 5. The molecule has 0 radical (unpaired) electrons. The lowest BCUT2D eigenvalue weighted by Crippen LogP contribution is -2.28. The van der Waals surface area contributed by atoms with Crippen LogP contribution in [0.1, 0.15) is 39.8 Å². The molecular formula is C19H17N3O3S. The van der Waals surface area contributed by atoms with E-state index in [1.807, 2.05) is 12.1 Å². The maximum Gasteiger partial charge on any atom is 0.293 e. The van der Waals surface area contributed by atoms with E-state index in [4.69, 9.17) is 4.42 Å². The van der Waals surface area contributed by atoms with Gasteiger partial charge in [0.15, 0.2) is 10.9 Å². The van der Waals surface area contributed by atoms with Crippen LogP contribution >= 0.6 is 11.3 Å². The van der Waals surface area contributed by atoms with E-state index in [0.717, 1.165) is 12.8 Å². The van der Waals surface area contributed by atoms with Gasteiger partial charge in [-0.15, -0.1) is 11.3 Å². The van der Waals surface area contributed by atoms with Gasteiger partial charge in [-0.3, -0.25) is 14.9 Å². The van der Waals surface area contributed by atoms with Crippen molar-refractivity contribution in [3.8, 4) is 0 Å². The van der Waals surface area contributed by atoms with Gasteiger partial charge in [-0.1, -0.05) is 24.3 Å². The van der Waals surface area contributed by atoms with Crippen molar-refractivity contribution >= 4 is 28.3 Å². The molecular weight excluding hydrogens is 350 g/mol. The minimum absolute atomic E-state index is 0.0652. The molecule has 3 aromatic rings. The quantitative estimate of drug-likeness (QED) is 0.724. The third kappa shape index (κ3) is 3.52. The van der Waals surface area contributed by atoms with Crippen LogP contribution in [0.3, 0.4) is 0 Å². The van der Waals surface area contributed by atoms with Gasteiger partial charge in [-0.25, -0.2) is 4.98 Å². The van der Waals surface area contributed by atoms with Gasteiger partial charge in [0.2, 0.25) is 5.91 Å². The summed E-state index contributed by atoms with van der Waals surface area (Å²) in [6, 6.07) is 11.5. The van der Waals surface area contributed by atoms with Crippen molar-refractivity contribution in [3.63, 3.8) is 0 Å². The Labute approximate surface area is 154 Å². The summed E-state index contributed by atoms with van der Waals surface area (Å²) in [5.74, 6) is -0.205. The normalized spacial score (nSPS) is 15.5. The molecule has 26 heavy (non-hydrogen) atoms. The number of aryl methyl sites for hydroxylation is 1. The van der Waals surface area contributed by atoms with Crippen molar-refractivity contribution in [2.75, 3.05) is 5.32 Å². The van der Waals surface area contributed by atoms with Gasteiger partial charge in [0, 0.05) is 5.38 Å². The van der Waals surface area contributed by atoms with Gasteiger partial charge in [0.1, 0.15) is 0 Å². The first-order valence-electron chi connectivity index (χ1n) is 8.35. The van der Waals surface area contributed by atoms with Crippen molar-refractivity contribution in [1.82, 2.24) is 10.3 Å². The van der Waals surface area contributed by atoms with Gasteiger partial charge in [-0.05, 0) is 36.1 Å². The van der Waals surface area contributed by atoms with Crippen molar-refractivity contribution in [2.45, 2.75) is 25.3 Å². The summed E-state index contributed by atoms with van der Waals surface area (Å²) in [6.07, 6.45) is 3.53. The smallest absolute Gasteiger partial charge is 0.293 e. The zero-order chi connectivity index (χ0) is 17.9. The van der Waals surface area contributed by atoms with Gasteiger partial charge in [0.25, 0.3) is 5.91 Å². The van der Waals surface area contributed by atoms with Crippen molar-refractivity contribution in [2.24, 2.45) is 0 Å². The largest absolute Gasteiger partial charge is 0.459 e. The van der Waals surface area contributed by atoms with Crippen LogP contribution in [-0.2, 0) is 17.6 Å². The Bertz CT molecular complexity index is 933. The Morgan fingerprint density at radius 1 is 1.23 bits per heavy atom. The molecule has 0 saturated carbocycles. The van der Waals surface area contributed by atoms with Crippen LogP contribution in [0.2, 0.25) is 0 Å². The number of furan rings is 1. The molecule has 2 N–H and O–H groups in total. The zero-order valence-electron chi connectivity index (χ0n) is 13.9. The fourth-order valence-electron chi connectivity index (χ4n) is 3.13. The summed E-state index contributed by atoms with van der Waals surface area (Å²) >= 11 is 1.28. The van der Waals surface area contributed by atoms with Crippen LogP contribution in [0.25, 0.3) is 0 Å². The molecule has 0 bridgehead atoms. The standard InChI is InChI=1S/C19H17N3O3S/c23-17(21-15-8-7-12-4-1-2-5-14(12)15)10-13-11-26-19(20-13)22-18(24)16-6-3-9-25-16/h1-6,9,11,15H,7-8,10H2,(H,21,23)(H,20,22,24). The molecule has 4 rings (SSSR count). The molecule has 7 heteroatoms. The molecule has 6 nitrogen and oxygen atoms in total. The zero-order valence-corrected chi connectivity index (χ0v) is 14.7. The van der Waals surface area contributed by atoms with Gasteiger partial charge in [-0.2, -0.15) is 0 Å². The third-order valence-corrected chi connectivity index (χ3v) is 5.13. The molecule has 2 amide bonds. The summed E-state index contributed by atoms with van der Waals surface area (Å²) in [4.78, 5) is 28.6. The van der Waals surface area contributed by atoms with E-state index in [1.54, 1.807) is 17.5 Å². The van der Waals surface area contributed by atoms with E-state index in [-0.39, 0.29) is 30.0 Å². The predicted octanol–water partition coefficient (Wildman–Crippen LogP) is 3.33. The number of amides is 2. The summed E-state index contributed by atoms with van der Waals surface area (Å²) in [6.45, 7) is 0. The highest BCUT2D eigenvalue weighted by molar-refractivity contribution is 7.14. The van der Waals surface area contributed by atoms with Gasteiger partial charge in [0.05, 0.1) is 24.4 Å². The van der Waals surface area contributed by atoms with Crippen molar-refractivity contribution in [1.29, 1.82) is 0 Å². The molecule has 0 spiro atoms. The molecule has 0 saturated heterocycles. The Balaban J connectivity index is 1.34. The van der Waals surface area contributed by atoms with Gasteiger partial charge >= 0.3 is 0 Å². The van der Waals surface area contributed by atoms with Crippen LogP contribution < -0.4 is 10.6 Å². The predicted molar refractivity (Wildman–Crippen MR) is 98.1 cm³/mol. The number of carbonyl (C=O) groups is 2. The Hall–Kier alpha value is -2.93. The SMILES string of the molecule is O=C(Cc1csc(NC(=O)c2ccco2)n1)NC1CCc2ccccc21. The highest BCUT2D eigenvalue weighted by Gasteiger charge is 2.23. The second kappa shape index (κ2) is 7.13. The first-order valence-corrected chi connectivity index (χ1v) is 9.23. The van der Waals surface area contributed by atoms with E-state index in [9.17, 15) is 9.59 Å². The lowest BCUT2D eigenvalue weighted by atomic mass is 10.1. The van der Waals surface area contributed by atoms with E-state index < -0.39 is 0 Å². The molecule has 2 heterocycles. The summed E-state index contributed by atoms with van der Waals surface area (Å²) in [5.41, 5.74) is 3.13. The number of nitrogens with one attached hydrogen (secondary N) is 2. The Morgan fingerprint density at radius 3 is 2.96 bits per heavy atom. The van der Waals surface area contributed by atoms with E-state index in [0.29, 0.717) is 10.8 Å². The molecule has 2 aromatic heterocycles. The van der Waals surface area contributed by atoms with Crippen molar-refractivity contribution in [3.05, 3.63) is 70.6 Å². The van der Waals surface area contributed by atoms with E-state index in [2.05, 4.69) is 27.8 Å². The second-order valence-electron chi connectivity index (χ2n) is 6.11. The molecule has 1 aliphatic rings. The highest BCUT2D eigenvalue weighted by atomic mass is 32.1. The third-order valence-electron chi connectivity index (χ3n) is 4.33. The number of aromatic nitrogens is 1. The average Bonchev–Trinajstić information content (AvgIpc) is 3.37. The Kier molecular flexibility index (Phi) is 4.53. The maximum atomic E-state index is 12.3. The fourth-order valence-corrected chi connectivity index (χ4v) is 3.83. The maximum absolute atomic E-state index is 12.3. The summed E-state index contributed by atoms with van der Waals surface area (Å²) in [5, 5.41) is 7.97. The first-order chi connectivity index (χ1) is 12.7. The molecule has 0 fully saturated rings. The number of hydrogen-bond acceptors (Lipinski definition) is 5. The number of fused-ring (bicyclic) bond motifs is 1. The summed E-state index contributed by atoms with van der Waals surface area (Å²) in [7, 11) is 0. The number of thiazole rings is 1. The number of nitrogens with zero attached hydrogens (tertiary/aromatic N) is 1. The number of hydrogen-bond donors (Lipinski definition) is 2. The minimum Gasteiger partial charge on any atom is -0.459 e. The van der Waals surface area contributed by atoms with Crippen LogP contribution in [0.5, 0.6) is 0 Å². The number of anilines is 1. The molecule has 1 aromatic carbocycles. The average molecular weight is 367 g/mol. The molecule has 132 valence electrons. The van der Waals surface area contributed by atoms with Crippen molar-refractivity contribution < 1.29 is 14.0 Å². The lowest BCUT2D eigenvalue weighted by Gasteiger charge is -2.13. The van der Waals surface area contributed by atoms with Crippen LogP contribution in [-0.4, -0.2) is 16.8 Å². The topological polar surface area (TPSA) is 84.2 Å². The van der Waals surface area contributed by atoms with Crippen LogP contribution in [0.4, 0.5) is 5.13 Å². The van der Waals surface area contributed by atoms with Crippen LogP contribution in [0.15, 0.2) is 52.5 Å². The fraction of sp³-hybridized carbons (Fsp3) is 0.211. The molecule has 0 aliphatic heterocycles. The number of benzene rings is 1. The molecule has 1 atom stereocenters. The first kappa shape index (κ1) is 16.5. The monoisotopic (exact) mass is 367 g/mol. The Morgan fingerprint density at radius 2 is 2.12 bits per heavy atom. The molecule has 1 aliphatic carbocycles. The lowest BCUT2D eigenvalue weighted by molar-refractivity contribution is -0.121. The summed E-state index contributed by atoms with van der Waals surface area (Å²) < 4.78 is 5.04.